The molecule has 0 fully saturated rings. The van der Waals surface area contributed by atoms with Crippen molar-refractivity contribution in [2.75, 3.05) is 5.32 Å². The molecule has 1 aromatic rings. The maximum atomic E-state index is 12.4. The van der Waals surface area contributed by atoms with E-state index < -0.39 is 17.6 Å². The van der Waals surface area contributed by atoms with E-state index in [1.54, 1.807) is 0 Å². The first kappa shape index (κ1) is 9.05. The molecule has 14 heavy (non-hydrogen) atoms. The number of rotatable bonds is 0. The topological polar surface area (TPSA) is 29.1 Å². The number of halogens is 3. The third kappa shape index (κ3) is 1.34. The van der Waals surface area contributed by atoms with Crippen LogP contribution in [0.15, 0.2) is 18.2 Å². The number of nitrogens with one attached hydrogen (secondary N) is 1. The zero-order valence-electron chi connectivity index (χ0n) is 6.85. The fourth-order valence-electron chi connectivity index (χ4n) is 1.38. The van der Waals surface area contributed by atoms with Gasteiger partial charge in [-0.2, -0.15) is 13.2 Å². The van der Waals surface area contributed by atoms with Crippen molar-refractivity contribution in [3.63, 3.8) is 0 Å². The van der Waals surface area contributed by atoms with Gasteiger partial charge in [-0.25, -0.2) is 0 Å². The lowest BCUT2D eigenvalue weighted by atomic mass is 10.0. The van der Waals surface area contributed by atoms with E-state index in [2.05, 4.69) is 5.32 Å². The van der Waals surface area contributed by atoms with E-state index in [9.17, 15) is 18.0 Å². The van der Waals surface area contributed by atoms with Gasteiger partial charge in [0.15, 0.2) is 0 Å². The largest absolute Gasteiger partial charge is 0.416 e. The Morgan fingerprint density at radius 2 is 1.93 bits per heavy atom. The Labute approximate surface area is 77.7 Å². The van der Waals surface area contributed by atoms with Crippen LogP contribution in [0.4, 0.5) is 18.9 Å². The molecule has 2 nitrogen and oxygen atoms in total. The monoisotopic (exact) mass is 200 g/mol. The molecule has 73 valence electrons. The fourth-order valence-corrected chi connectivity index (χ4v) is 1.38. The smallest absolute Gasteiger partial charge is 0.325 e. The van der Waals surface area contributed by atoms with Crippen LogP contribution in [0.5, 0.6) is 0 Å². The Balaban J connectivity index is 2.55. The first-order valence-electron chi connectivity index (χ1n) is 3.84. The predicted molar refractivity (Wildman–Crippen MR) is 43.5 cm³/mol. The molecule has 1 aromatic carbocycles. The summed E-state index contributed by atoms with van der Waals surface area (Å²) in [6, 6.07) is 3.66. The van der Waals surface area contributed by atoms with Crippen LogP contribution in [0.3, 0.4) is 0 Å². The third-order valence-electron chi connectivity index (χ3n) is 1.94. The number of carbonyl (C=O) groups excluding carboxylic acids is 1. The van der Waals surface area contributed by atoms with Gasteiger partial charge in [0.25, 0.3) is 0 Å². The third-order valence-corrected chi connectivity index (χ3v) is 1.94. The Morgan fingerprint density at radius 3 is 2.57 bits per heavy atom. The quantitative estimate of drug-likeness (QED) is 0.683. The van der Waals surface area contributed by atoms with Gasteiger partial charge in [0.2, 0.25) is 5.91 Å². The number of hydrogen-bond acceptors (Lipinski definition) is 1. The van der Waals surface area contributed by atoms with Gasteiger partial charge >= 0.3 is 6.18 Å². The maximum Gasteiger partial charge on any atom is 0.416 e. The number of hydrogen-bond donors (Lipinski definition) is 1. The second-order valence-corrected chi connectivity index (χ2v) is 2.90. The number of anilines is 1. The molecular weight excluding hydrogens is 195 g/mol. The summed E-state index contributed by atoms with van der Waals surface area (Å²) in [5, 5.41) is 2.32. The summed E-state index contributed by atoms with van der Waals surface area (Å²) in [6.45, 7) is 0. The minimum Gasteiger partial charge on any atom is -0.325 e. The SMILES string of the molecule is O=C1[CH]c2c(cccc2C(F)(F)F)N1. The molecule has 2 rings (SSSR count). The normalized spacial score (nSPS) is 15.2. The van der Waals surface area contributed by atoms with Crippen LogP contribution in [0.2, 0.25) is 0 Å². The lowest BCUT2D eigenvalue weighted by Crippen LogP contribution is -2.07. The van der Waals surface area contributed by atoms with Gasteiger partial charge in [-0.15, -0.1) is 0 Å². The standard InChI is InChI=1S/C9H5F3NO/c10-9(11,12)6-2-1-3-7-5(6)4-8(14)13-7/h1-4H,(H,13,14). The highest BCUT2D eigenvalue weighted by Crippen LogP contribution is 2.37. The van der Waals surface area contributed by atoms with Crippen LogP contribution in [0.1, 0.15) is 11.1 Å². The van der Waals surface area contributed by atoms with E-state index in [1.807, 2.05) is 0 Å². The second-order valence-electron chi connectivity index (χ2n) is 2.90. The molecule has 0 saturated heterocycles. The van der Waals surface area contributed by atoms with Crippen molar-refractivity contribution in [1.29, 1.82) is 0 Å². The highest BCUT2D eigenvalue weighted by molar-refractivity contribution is 6.07. The molecule has 1 N–H and O–H groups in total. The van der Waals surface area contributed by atoms with Gasteiger partial charge in [-0.05, 0) is 12.1 Å². The van der Waals surface area contributed by atoms with E-state index in [1.165, 1.54) is 12.1 Å². The maximum absolute atomic E-state index is 12.4. The van der Waals surface area contributed by atoms with Gasteiger partial charge in [0, 0.05) is 11.3 Å². The van der Waals surface area contributed by atoms with Crippen LogP contribution >= 0.6 is 0 Å². The highest BCUT2D eigenvalue weighted by atomic mass is 19.4. The molecule has 0 saturated carbocycles. The molecule has 0 spiro atoms. The molecule has 1 radical (unpaired) electrons. The van der Waals surface area contributed by atoms with Gasteiger partial charge in [0.05, 0.1) is 12.0 Å². The first-order chi connectivity index (χ1) is 6.48. The zero-order valence-corrected chi connectivity index (χ0v) is 6.85. The summed E-state index contributed by atoms with van der Waals surface area (Å²) in [5.74, 6) is -0.517. The summed E-state index contributed by atoms with van der Waals surface area (Å²) in [4.78, 5) is 10.8. The van der Waals surface area contributed by atoms with Gasteiger partial charge in [-0.1, -0.05) is 6.07 Å². The summed E-state index contributed by atoms with van der Waals surface area (Å²) in [6.07, 6.45) is -3.47. The molecule has 1 aliphatic rings. The molecule has 0 bridgehead atoms. The second kappa shape index (κ2) is 2.73. The van der Waals surface area contributed by atoms with Crippen molar-refractivity contribution in [3.05, 3.63) is 35.7 Å². The number of alkyl halides is 3. The van der Waals surface area contributed by atoms with Crippen molar-refractivity contribution in [2.45, 2.75) is 6.18 Å². The number of fused-ring (bicyclic) bond motifs is 1. The van der Waals surface area contributed by atoms with Crippen LogP contribution in [-0.4, -0.2) is 5.91 Å². The first-order valence-corrected chi connectivity index (χ1v) is 3.84. The minimum absolute atomic E-state index is 0.0787. The molecule has 5 heteroatoms. The van der Waals surface area contributed by atoms with E-state index in [0.29, 0.717) is 0 Å². The average molecular weight is 200 g/mol. The number of benzene rings is 1. The summed E-state index contributed by atoms with van der Waals surface area (Å²) in [5.41, 5.74) is -0.650. The Hall–Kier alpha value is -1.52. The molecule has 0 aromatic heterocycles. The van der Waals surface area contributed by atoms with Crippen LogP contribution in [-0.2, 0) is 11.0 Å². The van der Waals surface area contributed by atoms with Crippen LogP contribution in [0.25, 0.3) is 0 Å². The Bertz CT molecular complexity index is 398. The lowest BCUT2D eigenvalue weighted by molar-refractivity contribution is -0.137. The molecule has 1 amide bonds. The minimum atomic E-state index is -4.42. The van der Waals surface area contributed by atoms with Gasteiger partial charge < -0.3 is 5.32 Å². The van der Waals surface area contributed by atoms with Crippen molar-refractivity contribution < 1.29 is 18.0 Å². The highest BCUT2D eigenvalue weighted by Gasteiger charge is 2.36. The van der Waals surface area contributed by atoms with E-state index in [0.717, 1.165) is 12.5 Å². The Kier molecular flexibility index (Phi) is 1.77. The van der Waals surface area contributed by atoms with Crippen molar-refractivity contribution in [3.8, 4) is 0 Å². The lowest BCUT2D eigenvalue weighted by Gasteiger charge is -2.09. The van der Waals surface area contributed by atoms with Crippen LogP contribution < -0.4 is 5.32 Å². The zero-order chi connectivity index (χ0) is 10.3. The number of amides is 1. The van der Waals surface area contributed by atoms with E-state index in [4.69, 9.17) is 0 Å². The van der Waals surface area contributed by atoms with Gasteiger partial charge in [-0.3, -0.25) is 4.79 Å². The van der Waals surface area contributed by atoms with Crippen molar-refractivity contribution in [2.24, 2.45) is 0 Å². The van der Waals surface area contributed by atoms with Gasteiger partial charge in [0.1, 0.15) is 0 Å². The molecule has 1 aliphatic heterocycles. The molecular formula is C9H5F3NO. The summed E-state index contributed by atoms with van der Waals surface area (Å²) < 4.78 is 37.2. The molecule has 0 atom stereocenters. The summed E-state index contributed by atoms with van der Waals surface area (Å²) in [7, 11) is 0. The molecule has 1 heterocycles. The van der Waals surface area contributed by atoms with Crippen LogP contribution in [0, 0.1) is 6.42 Å². The number of carbonyl (C=O) groups is 1. The fraction of sp³-hybridized carbons (Fsp3) is 0.111. The molecule has 0 aliphatic carbocycles. The molecule has 0 unspecified atom stereocenters. The summed E-state index contributed by atoms with van der Waals surface area (Å²) >= 11 is 0. The van der Waals surface area contributed by atoms with Crippen molar-refractivity contribution >= 4 is 11.6 Å². The average Bonchev–Trinajstić information content (AvgIpc) is 2.41. The predicted octanol–water partition coefficient (Wildman–Crippen LogP) is 2.21. The van der Waals surface area contributed by atoms with E-state index in [-0.39, 0.29) is 11.3 Å². The van der Waals surface area contributed by atoms with Crippen molar-refractivity contribution in [1.82, 2.24) is 0 Å². The van der Waals surface area contributed by atoms with E-state index >= 15 is 0 Å². The Morgan fingerprint density at radius 1 is 1.21 bits per heavy atom.